The molecule has 1 aliphatic rings. The summed E-state index contributed by atoms with van der Waals surface area (Å²) in [6.07, 6.45) is 0.427. The molecule has 108 valence electrons. The lowest BCUT2D eigenvalue weighted by Gasteiger charge is -2.34. The SMILES string of the molecule is CN1CCN(S(=O)(=O)N(C)CCC(C)(C)O)CC1. The molecule has 18 heavy (non-hydrogen) atoms. The van der Waals surface area contributed by atoms with Crippen LogP contribution in [0.5, 0.6) is 0 Å². The molecule has 0 radical (unpaired) electrons. The first kappa shape index (κ1) is 15.8. The van der Waals surface area contributed by atoms with E-state index < -0.39 is 15.8 Å². The molecule has 0 aliphatic carbocycles. The molecular weight excluding hydrogens is 254 g/mol. The van der Waals surface area contributed by atoms with Gasteiger partial charge in [-0.3, -0.25) is 0 Å². The first-order valence-corrected chi connectivity index (χ1v) is 7.65. The number of piperazine rings is 1. The molecule has 1 fully saturated rings. The Morgan fingerprint density at radius 3 is 2.17 bits per heavy atom. The minimum absolute atomic E-state index is 0.332. The van der Waals surface area contributed by atoms with Gasteiger partial charge in [0.1, 0.15) is 0 Å². The number of hydrogen-bond acceptors (Lipinski definition) is 4. The fourth-order valence-corrected chi connectivity index (χ4v) is 3.10. The van der Waals surface area contributed by atoms with E-state index in [1.54, 1.807) is 20.9 Å². The van der Waals surface area contributed by atoms with Crippen molar-refractivity contribution in [1.82, 2.24) is 13.5 Å². The molecule has 1 heterocycles. The molecule has 0 aromatic carbocycles. The van der Waals surface area contributed by atoms with Crippen molar-refractivity contribution in [2.24, 2.45) is 0 Å². The highest BCUT2D eigenvalue weighted by molar-refractivity contribution is 7.86. The maximum Gasteiger partial charge on any atom is 0.281 e. The van der Waals surface area contributed by atoms with E-state index in [0.717, 1.165) is 13.1 Å². The van der Waals surface area contributed by atoms with Crippen LogP contribution in [0, 0.1) is 0 Å². The fourth-order valence-electron chi connectivity index (χ4n) is 1.76. The first-order chi connectivity index (χ1) is 8.13. The molecule has 7 heteroatoms. The first-order valence-electron chi connectivity index (χ1n) is 6.25. The standard InChI is InChI=1S/C11H25N3O3S/c1-11(2,15)5-6-13(4)18(16,17)14-9-7-12(3)8-10-14/h15H,5-10H2,1-4H3. The van der Waals surface area contributed by atoms with Crippen LogP contribution in [-0.2, 0) is 10.2 Å². The number of hydrogen-bond donors (Lipinski definition) is 1. The van der Waals surface area contributed by atoms with Crippen molar-refractivity contribution in [1.29, 1.82) is 0 Å². The Labute approximate surface area is 110 Å². The zero-order valence-corrected chi connectivity index (χ0v) is 12.6. The molecule has 0 spiro atoms. The third kappa shape index (κ3) is 4.47. The Morgan fingerprint density at radius 2 is 1.72 bits per heavy atom. The summed E-state index contributed by atoms with van der Waals surface area (Å²) < 4.78 is 27.4. The number of rotatable bonds is 5. The highest BCUT2D eigenvalue weighted by atomic mass is 32.2. The van der Waals surface area contributed by atoms with Gasteiger partial charge in [-0.05, 0) is 27.3 Å². The van der Waals surface area contributed by atoms with E-state index in [4.69, 9.17) is 0 Å². The Hall–Kier alpha value is -0.210. The molecule has 1 rings (SSSR count). The van der Waals surface area contributed by atoms with E-state index in [-0.39, 0.29) is 0 Å². The number of likely N-dealkylation sites (N-methyl/N-ethyl adjacent to an activating group) is 1. The second-order valence-electron chi connectivity index (χ2n) is 5.59. The minimum Gasteiger partial charge on any atom is -0.390 e. The zero-order chi connectivity index (χ0) is 14.0. The second kappa shape index (κ2) is 5.83. The summed E-state index contributed by atoms with van der Waals surface area (Å²) >= 11 is 0. The van der Waals surface area contributed by atoms with Crippen LogP contribution in [0.1, 0.15) is 20.3 Å². The number of nitrogens with zero attached hydrogens (tertiary/aromatic N) is 3. The molecular formula is C11H25N3O3S. The number of aliphatic hydroxyl groups is 1. The Bertz CT molecular complexity index is 356. The predicted molar refractivity (Wildman–Crippen MR) is 71.5 cm³/mol. The summed E-state index contributed by atoms with van der Waals surface area (Å²) in [4.78, 5) is 2.11. The largest absolute Gasteiger partial charge is 0.390 e. The summed E-state index contributed by atoms with van der Waals surface area (Å²) in [5, 5.41) is 9.64. The van der Waals surface area contributed by atoms with Crippen molar-refractivity contribution in [3.05, 3.63) is 0 Å². The lowest BCUT2D eigenvalue weighted by atomic mass is 10.1. The zero-order valence-electron chi connectivity index (χ0n) is 11.8. The summed E-state index contributed by atoms with van der Waals surface area (Å²) in [6.45, 7) is 6.29. The van der Waals surface area contributed by atoms with E-state index in [0.29, 0.717) is 26.1 Å². The monoisotopic (exact) mass is 279 g/mol. The van der Waals surface area contributed by atoms with Gasteiger partial charge in [0.2, 0.25) is 0 Å². The Morgan fingerprint density at radius 1 is 1.22 bits per heavy atom. The predicted octanol–water partition coefficient (Wildman–Crippen LogP) is -0.429. The third-order valence-electron chi connectivity index (χ3n) is 3.22. The molecule has 0 bridgehead atoms. The molecule has 0 aromatic heterocycles. The van der Waals surface area contributed by atoms with Crippen molar-refractivity contribution in [3.8, 4) is 0 Å². The Kier molecular flexibility index (Phi) is 5.13. The van der Waals surface area contributed by atoms with Crippen molar-refractivity contribution in [3.63, 3.8) is 0 Å². The van der Waals surface area contributed by atoms with Crippen molar-refractivity contribution >= 4 is 10.2 Å². The highest BCUT2D eigenvalue weighted by Crippen LogP contribution is 2.13. The molecule has 0 amide bonds. The normalized spacial score (nSPS) is 20.6. The molecule has 0 unspecified atom stereocenters. The van der Waals surface area contributed by atoms with E-state index in [9.17, 15) is 13.5 Å². The van der Waals surface area contributed by atoms with Gasteiger partial charge in [-0.1, -0.05) is 0 Å². The van der Waals surface area contributed by atoms with Crippen LogP contribution in [0.3, 0.4) is 0 Å². The van der Waals surface area contributed by atoms with Crippen molar-refractivity contribution in [2.75, 3.05) is 46.8 Å². The lowest BCUT2D eigenvalue weighted by molar-refractivity contribution is 0.0664. The highest BCUT2D eigenvalue weighted by Gasteiger charge is 2.30. The summed E-state index contributed by atoms with van der Waals surface area (Å²) in [7, 11) is 0.178. The summed E-state index contributed by atoms with van der Waals surface area (Å²) in [5.74, 6) is 0. The van der Waals surface area contributed by atoms with Gasteiger partial charge in [-0.15, -0.1) is 0 Å². The van der Waals surface area contributed by atoms with Crippen molar-refractivity contribution in [2.45, 2.75) is 25.9 Å². The van der Waals surface area contributed by atoms with Crippen LogP contribution in [0.15, 0.2) is 0 Å². The smallest absolute Gasteiger partial charge is 0.281 e. The van der Waals surface area contributed by atoms with Crippen LogP contribution in [0.4, 0.5) is 0 Å². The Balaban J connectivity index is 2.57. The third-order valence-corrected chi connectivity index (χ3v) is 5.21. The van der Waals surface area contributed by atoms with Crippen LogP contribution >= 0.6 is 0 Å². The average Bonchev–Trinajstić information content (AvgIpc) is 2.25. The quantitative estimate of drug-likeness (QED) is 0.742. The van der Waals surface area contributed by atoms with Gasteiger partial charge >= 0.3 is 0 Å². The topological polar surface area (TPSA) is 64.1 Å². The summed E-state index contributed by atoms with van der Waals surface area (Å²) in [5.41, 5.74) is -0.841. The molecule has 0 atom stereocenters. The maximum absolute atomic E-state index is 12.3. The van der Waals surface area contributed by atoms with E-state index >= 15 is 0 Å². The second-order valence-corrected chi connectivity index (χ2v) is 7.63. The van der Waals surface area contributed by atoms with E-state index in [2.05, 4.69) is 4.90 Å². The van der Waals surface area contributed by atoms with E-state index in [1.807, 2.05) is 7.05 Å². The van der Waals surface area contributed by atoms with E-state index in [1.165, 1.54) is 8.61 Å². The molecule has 1 saturated heterocycles. The van der Waals surface area contributed by atoms with Gasteiger partial charge in [-0.25, -0.2) is 0 Å². The van der Waals surface area contributed by atoms with Crippen molar-refractivity contribution < 1.29 is 13.5 Å². The molecule has 1 N–H and O–H groups in total. The van der Waals surface area contributed by atoms with Crippen LogP contribution in [0.2, 0.25) is 0 Å². The van der Waals surface area contributed by atoms with Crippen LogP contribution in [0.25, 0.3) is 0 Å². The molecule has 0 aromatic rings. The lowest BCUT2D eigenvalue weighted by Crippen LogP contribution is -2.51. The fraction of sp³-hybridized carbons (Fsp3) is 1.00. The van der Waals surface area contributed by atoms with Gasteiger partial charge in [0, 0.05) is 39.8 Å². The van der Waals surface area contributed by atoms with Gasteiger partial charge in [0.15, 0.2) is 0 Å². The average molecular weight is 279 g/mol. The molecule has 1 aliphatic heterocycles. The van der Waals surface area contributed by atoms with Gasteiger partial charge < -0.3 is 10.0 Å². The van der Waals surface area contributed by atoms with Crippen LogP contribution < -0.4 is 0 Å². The summed E-state index contributed by atoms with van der Waals surface area (Å²) in [6, 6.07) is 0. The van der Waals surface area contributed by atoms with Gasteiger partial charge in [0.05, 0.1) is 5.60 Å². The minimum atomic E-state index is -3.38. The van der Waals surface area contributed by atoms with Gasteiger partial charge in [0.25, 0.3) is 10.2 Å². The molecule has 6 nitrogen and oxygen atoms in total. The molecule has 0 saturated carbocycles. The maximum atomic E-state index is 12.3. The van der Waals surface area contributed by atoms with Crippen LogP contribution in [-0.4, -0.2) is 79.5 Å². The van der Waals surface area contributed by atoms with Gasteiger partial charge in [-0.2, -0.15) is 17.0 Å².